The van der Waals surface area contributed by atoms with E-state index in [4.69, 9.17) is 0 Å². The van der Waals surface area contributed by atoms with Crippen LogP contribution >= 0.6 is 0 Å². The Morgan fingerprint density at radius 2 is 0.895 bits per heavy atom. The van der Waals surface area contributed by atoms with Crippen LogP contribution in [0.3, 0.4) is 0 Å². The topological polar surface area (TPSA) is 0 Å². The summed E-state index contributed by atoms with van der Waals surface area (Å²) in [5, 5.41) is 0. The number of hydrogen-bond donors (Lipinski definition) is 0. The fourth-order valence-corrected chi connectivity index (χ4v) is 2.25. The minimum Gasteiger partial charge on any atom is -0.0540 e. The van der Waals surface area contributed by atoms with Gasteiger partial charge >= 0.3 is 17.1 Å². The van der Waals surface area contributed by atoms with Gasteiger partial charge in [0.1, 0.15) is 0 Å². The first kappa shape index (κ1) is 19.4. The van der Waals surface area contributed by atoms with E-state index < -0.39 is 0 Å². The van der Waals surface area contributed by atoms with Gasteiger partial charge in [-0.25, -0.2) is 0 Å². The Kier molecular flexibility index (Phi) is 9.50. The normalized spacial score (nSPS) is 9.16. The fourth-order valence-electron chi connectivity index (χ4n) is 1.32. The molecule has 0 saturated carbocycles. The van der Waals surface area contributed by atoms with Gasteiger partial charge in [0, 0.05) is 12.1 Å². The van der Waals surface area contributed by atoms with Crippen LogP contribution in [0.1, 0.15) is 11.1 Å². The second-order valence-electron chi connectivity index (χ2n) is 4.10. The van der Waals surface area contributed by atoms with Gasteiger partial charge in [0.05, 0.1) is 0 Å². The zero-order valence-electron chi connectivity index (χ0n) is 10.8. The van der Waals surface area contributed by atoms with E-state index in [1.807, 2.05) is 12.1 Å². The third-order valence-corrected chi connectivity index (χ3v) is 4.55. The Balaban J connectivity index is 0.000000324. The van der Waals surface area contributed by atoms with E-state index in [0.717, 1.165) is 19.6 Å². The summed E-state index contributed by atoms with van der Waals surface area (Å²) in [4.78, 5) is 4.40. The van der Waals surface area contributed by atoms with Crippen LogP contribution in [0.25, 0.3) is 0 Å². The van der Waals surface area contributed by atoms with Gasteiger partial charge in [-0.3, -0.25) is 0 Å². The van der Waals surface area contributed by atoms with E-state index in [1.54, 1.807) is 0 Å². The number of aryl methyl sites for hydroxylation is 2. The molecule has 2 aromatic carbocycles. The summed E-state index contributed by atoms with van der Waals surface area (Å²) < 4.78 is 0. The zero-order valence-corrected chi connectivity index (χ0v) is 15.9. The van der Waals surface area contributed by atoms with Gasteiger partial charge in [-0.2, -0.15) is 0 Å². The number of hydrogen-bond acceptors (Lipinski definition) is 0. The Morgan fingerprint density at radius 1 is 0.579 bits per heavy atom. The molecule has 19 heavy (non-hydrogen) atoms. The van der Waals surface area contributed by atoms with Crippen LogP contribution < -0.4 is 0 Å². The molecule has 0 N–H and O–H groups in total. The molecular formula is C14H20FeS4+7. The summed E-state index contributed by atoms with van der Waals surface area (Å²) in [6, 6.07) is 12.3. The van der Waals surface area contributed by atoms with Crippen LogP contribution in [0.2, 0.25) is 0 Å². The van der Waals surface area contributed by atoms with Crippen LogP contribution in [0, 0.1) is 13.8 Å². The number of rotatable bonds is 0. The summed E-state index contributed by atoms with van der Waals surface area (Å²) in [7, 11) is 0. The largest absolute Gasteiger partial charge is 3.00 e. The molecule has 1 radical (unpaired) electrons. The smallest absolute Gasteiger partial charge is 0.0540 e. The SMILES string of the molecule is Cc1ccc([SH2+])c([SH2+])c1.Cc1ccc([SH2+])c([SH2+])c1.[Fe+3]. The van der Waals surface area contributed by atoms with E-state index in [-0.39, 0.29) is 17.1 Å². The van der Waals surface area contributed by atoms with E-state index in [0.29, 0.717) is 0 Å². The zero-order chi connectivity index (χ0) is 13.7. The van der Waals surface area contributed by atoms with Crippen molar-refractivity contribution in [3.05, 3.63) is 47.5 Å². The predicted octanol–water partition coefficient (Wildman–Crippen LogP) is 1.47. The molecule has 0 nitrogen and oxygen atoms in total. The van der Waals surface area contributed by atoms with Crippen molar-refractivity contribution in [3.63, 3.8) is 0 Å². The maximum absolute atomic E-state index is 3.45. The Bertz CT molecular complexity index is 491. The van der Waals surface area contributed by atoms with Crippen LogP contribution in [-0.2, 0) is 67.6 Å². The summed E-state index contributed by atoms with van der Waals surface area (Å²) in [6.45, 7) is 4.13. The van der Waals surface area contributed by atoms with Crippen molar-refractivity contribution >= 4 is 50.5 Å². The summed E-state index contributed by atoms with van der Waals surface area (Å²) >= 11 is 13.7. The van der Waals surface area contributed by atoms with Gasteiger partial charge in [-0.15, -0.1) is 0 Å². The van der Waals surface area contributed by atoms with Crippen molar-refractivity contribution < 1.29 is 17.1 Å². The molecule has 2 aromatic rings. The molecular weight excluding hydrogens is 352 g/mol. The summed E-state index contributed by atoms with van der Waals surface area (Å²) in [6.07, 6.45) is 0. The predicted molar refractivity (Wildman–Crippen MR) is 96.0 cm³/mol. The molecule has 0 spiro atoms. The van der Waals surface area contributed by atoms with E-state index >= 15 is 0 Å². The summed E-state index contributed by atoms with van der Waals surface area (Å²) in [5.74, 6) is 0. The second-order valence-corrected chi connectivity index (χ2v) is 6.25. The number of benzene rings is 2. The molecule has 0 heterocycles. The van der Waals surface area contributed by atoms with Gasteiger partial charge in [0.2, 0.25) is 19.6 Å². The molecule has 0 aliphatic rings. The van der Waals surface area contributed by atoms with Gasteiger partial charge in [-0.05, 0) is 87.6 Å². The Hall–Kier alpha value is 0.359. The van der Waals surface area contributed by atoms with Crippen molar-refractivity contribution in [3.8, 4) is 0 Å². The van der Waals surface area contributed by atoms with Crippen molar-refractivity contribution in [1.29, 1.82) is 0 Å². The average Bonchev–Trinajstić information content (AvgIpc) is 2.30. The van der Waals surface area contributed by atoms with Crippen LogP contribution in [0.4, 0.5) is 0 Å². The molecule has 0 unspecified atom stereocenters. The molecule has 0 aliphatic carbocycles. The summed E-state index contributed by atoms with van der Waals surface area (Å²) in [5.41, 5.74) is 2.53. The van der Waals surface area contributed by atoms with E-state index in [2.05, 4.69) is 88.6 Å². The molecule has 0 bridgehead atoms. The minimum atomic E-state index is 0. The monoisotopic (exact) mass is 372 g/mol. The van der Waals surface area contributed by atoms with Crippen molar-refractivity contribution in [2.45, 2.75) is 33.4 Å². The Labute approximate surface area is 147 Å². The van der Waals surface area contributed by atoms with Crippen molar-refractivity contribution in [2.75, 3.05) is 0 Å². The molecule has 101 valence electrons. The van der Waals surface area contributed by atoms with Crippen molar-refractivity contribution in [1.82, 2.24) is 0 Å². The van der Waals surface area contributed by atoms with Gasteiger partial charge < -0.3 is 0 Å². The quantitative estimate of drug-likeness (QED) is 0.485. The molecule has 0 aromatic heterocycles. The minimum absolute atomic E-state index is 0. The third-order valence-electron chi connectivity index (χ3n) is 2.35. The van der Waals surface area contributed by atoms with Gasteiger partial charge in [-0.1, -0.05) is 12.1 Å². The van der Waals surface area contributed by atoms with E-state index in [1.165, 1.54) is 11.1 Å². The molecule has 0 amide bonds. The third kappa shape index (κ3) is 7.07. The molecule has 5 heteroatoms. The van der Waals surface area contributed by atoms with Crippen LogP contribution in [0.5, 0.6) is 0 Å². The average molecular weight is 372 g/mol. The standard InChI is InChI=1S/2C7H8S2.Fe/c2*1-5-2-3-6(8)7(9)4-5;/h2*2-4,8-9H,1H3;/q;;+3/p+4. The van der Waals surface area contributed by atoms with Crippen LogP contribution in [-0.4, -0.2) is 0 Å². The molecule has 0 aliphatic heterocycles. The fraction of sp³-hybridized carbons (Fsp3) is 0.143. The van der Waals surface area contributed by atoms with Gasteiger partial charge in [0.15, 0.2) is 0 Å². The molecule has 2 rings (SSSR count). The van der Waals surface area contributed by atoms with E-state index in [9.17, 15) is 0 Å². The van der Waals surface area contributed by atoms with Crippen LogP contribution in [0.15, 0.2) is 56.0 Å². The first-order valence-electron chi connectivity index (χ1n) is 5.48. The first-order chi connectivity index (χ1) is 8.40. The van der Waals surface area contributed by atoms with Crippen molar-refractivity contribution in [2.24, 2.45) is 0 Å². The molecule has 0 saturated heterocycles. The molecule has 0 atom stereocenters. The Morgan fingerprint density at radius 3 is 1.11 bits per heavy atom. The maximum Gasteiger partial charge on any atom is 3.00 e. The first-order valence-corrected chi connectivity index (χ1v) is 7.48. The van der Waals surface area contributed by atoms with Gasteiger partial charge in [0.25, 0.3) is 0 Å². The second kappa shape index (κ2) is 9.32. The molecule has 0 fully saturated rings. The maximum atomic E-state index is 3.45.